The molecule has 0 saturated carbocycles. The summed E-state index contributed by atoms with van der Waals surface area (Å²) in [5.74, 6) is 0.0346. The lowest BCUT2D eigenvalue weighted by Gasteiger charge is -2.12. The molecule has 0 spiro atoms. The van der Waals surface area contributed by atoms with Gasteiger partial charge in [0.2, 0.25) is 0 Å². The Balaban J connectivity index is 2.70. The summed E-state index contributed by atoms with van der Waals surface area (Å²) in [6.45, 7) is 0. The standard InChI is InChI=1S/C12H9F3O3S/c1-19(16,17)8-4-5-9(11-3-2-6-18-11)10(7-8)12(13,14)15/h2-7H,1H3. The van der Waals surface area contributed by atoms with E-state index in [0.29, 0.717) is 6.07 Å². The summed E-state index contributed by atoms with van der Waals surface area (Å²) in [7, 11) is -3.70. The van der Waals surface area contributed by atoms with E-state index in [2.05, 4.69) is 0 Å². The fourth-order valence-corrected chi connectivity index (χ4v) is 2.28. The minimum absolute atomic E-state index is 0.0346. The van der Waals surface area contributed by atoms with Crippen molar-refractivity contribution in [2.24, 2.45) is 0 Å². The molecule has 19 heavy (non-hydrogen) atoms. The molecule has 0 unspecified atom stereocenters. The van der Waals surface area contributed by atoms with Crippen molar-refractivity contribution in [3.05, 3.63) is 42.2 Å². The number of benzene rings is 1. The van der Waals surface area contributed by atoms with Crippen LogP contribution in [-0.2, 0) is 16.0 Å². The van der Waals surface area contributed by atoms with E-state index in [1.54, 1.807) is 0 Å². The SMILES string of the molecule is CS(=O)(=O)c1ccc(-c2ccco2)c(C(F)(F)F)c1. The average molecular weight is 290 g/mol. The second kappa shape index (κ2) is 4.41. The van der Waals surface area contributed by atoms with Crippen LogP contribution in [0.2, 0.25) is 0 Å². The Morgan fingerprint density at radius 2 is 1.84 bits per heavy atom. The van der Waals surface area contributed by atoms with Gasteiger partial charge in [0.25, 0.3) is 0 Å². The van der Waals surface area contributed by atoms with Crippen molar-refractivity contribution in [3.8, 4) is 11.3 Å². The molecule has 3 nitrogen and oxygen atoms in total. The van der Waals surface area contributed by atoms with Crippen LogP contribution in [0.25, 0.3) is 11.3 Å². The largest absolute Gasteiger partial charge is 0.464 e. The van der Waals surface area contributed by atoms with Gasteiger partial charge in [-0.2, -0.15) is 13.2 Å². The predicted molar refractivity (Wildman–Crippen MR) is 62.3 cm³/mol. The monoisotopic (exact) mass is 290 g/mol. The number of rotatable bonds is 2. The number of hydrogen-bond acceptors (Lipinski definition) is 3. The lowest BCUT2D eigenvalue weighted by molar-refractivity contribution is -0.137. The van der Waals surface area contributed by atoms with Crippen LogP contribution in [0.5, 0.6) is 0 Å². The van der Waals surface area contributed by atoms with Crippen LogP contribution in [0.4, 0.5) is 13.2 Å². The first-order valence-electron chi connectivity index (χ1n) is 5.15. The van der Waals surface area contributed by atoms with Crippen LogP contribution in [0, 0.1) is 0 Å². The summed E-state index contributed by atoms with van der Waals surface area (Å²) in [6, 6.07) is 5.68. The first-order valence-corrected chi connectivity index (χ1v) is 7.04. The minimum atomic E-state index is -4.66. The topological polar surface area (TPSA) is 47.3 Å². The molecular formula is C12H9F3O3S. The summed E-state index contributed by atoms with van der Waals surface area (Å²) < 4.78 is 66.5. The maximum Gasteiger partial charge on any atom is 0.417 e. The zero-order valence-corrected chi connectivity index (χ0v) is 10.5. The number of hydrogen-bond donors (Lipinski definition) is 0. The van der Waals surface area contributed by atoms with Crippen molar-refractivity contribution in [1.82, 2.24) is 0 Å². The van der Waals surface area contributed by atoms with Crippen molar-refractivity contribution >= 4 is 9.84 Å². The maximum absolute atomic E-state index is 13.0. The lowest BCUT2D eigenvalue weighted by atomic mass is 10.1. The third-order valence-electron chi connectivity index (χ3n) is 2.51. The highest BCUT2D eigenvalue weighted by molar-refractivity contribution is 7.90. The third kappa shape index (κ3) is 2.81. The number of halogens is 3. The van der Waals surface area contributed by atoms with Crippen LogP contribution in [0.3, 0.4) is 0 Å². The molecular weight excluding hydrogens is 281 g/mol. The Labute approximate surface area is 107 Å². The van der Waals surface area contributed by atoms with Gasteiger partial charge in [0, 0.05) is 11.8 Å². The van der Waals surface area contributed by atoms with Crippen LogP contribution >= 0.6 is 0 Å². The molecule has 0 aliphatic heterocycles. The third-order valence-corrected chi connectivity index (χ3v) is 3.62. The van der Waals surface area contributed by atoms with Gasteiger partial charge in [-0.1, -0.05) is 0 Å². The molecule has 0 atom stereocenters. The molecule has 2 aromatic rings. The number of alkyl halides is 3. The lowest BCUT2D eigenvalue weighted by Crippen LogP contribution is -2.09. The number of sulfone groups is 1. The quantitative estimate of drug-likeness (QED) is 0.852. The van der Waals surface area contributed by atoms with Crippen molar-refractivity contribution in [1.29, 1.82) is 0 Å². The highest BCUT2D eigenvalue weighted by atomic mass is 32.2. The second-order valence-electron chi connectivity index (χ2n) is 3.95. The molecule has 0 amide bonds. The Morgan fingerprint density at radius 3 is 2.32 bits per heavy atom. The van der Waals surface area contributed by atoms with Gasteiger partial charge < -0.3 is 4.42 Å². The molecule has 7 heteroatoms. The van der Waals surface area contributed by atoms with Crippen LogP contribution in [0.1, 0.15) is 5.56 Å². The number of furan rings is 1. The Hall–Kier alpha value is -1.76. The van der Waals surface area contributed by atoms with Gasteiger partial charge in [0.1, 0.15) is 5.76 Å². The van der Waals surface area contributed by atoms with Crippen molar-refractivity contribution in [2.75, 3.05) is 6.26 Å². The Kier molecular flexibility index (Phi) is 3.17. The maximum atomic E-state index is 13.0. The zero-order valence-electron chi connectivity index (χ0n) is 9.73. The van der Waals surface area contributed by atoms with Gasteiger partial charge in [-0.05, 0) is 30.3 Å². The second-order valence-corrected chi connectivity index (χ2v) is 5.97. The molecule has 0 bridgehead atoms. The molecule has 0 aliphatic carbocycles. The van der Waals surface area contributed by atoms with Gasteiger partial charge in [-0.3, -0.25) is 0 Å². The summed E-state index contributed by atoms with van der Waals surface area (Å²) in [5, 5.41) is 0. The molecule has 0 saturated heterocycles. The minimum Gasteiger partial charge on any atom is -0.464 e. The summed E-state index contributed by atoms with van der Waals surface area (Å²) in [6.07, 6.45) is -2.56. The van der Waals surface area contributed by atoms with E-state index in [4.69, 9.17) is 4.42 Å². The average Bonchev–Trinajstić information content (AvgIpc) is 2.79. The first-order chi connectivity index (χ1) is 8.69. The summed E-state index contributed by atoms with van der Waals surface area (Å²) in [5.41, 5.74) is -1.23. The highest BCUT2D eigenvalue weighted by Gasteiger charge is 2.35. The smallest absolute Gasteiger partial charge is 0.417 e. The molecule has 2 rings (SSSR count). The van der Waals surface area contributed by atoms with E-state index < -0.39 is 21.6 Å². The van der Waals surface area contributed by atoms with Gasteiger partial charge in [-0.25, -0.2) is 8.42 Å². The van der Waals surface area contributed by atoms with Crippen LogP contribution < -0.4 is 0 Å². The molecule has 0 radical (unpaired) electrons. The normalized spacial score (nSPS) is 12.6. The first kappa shape index (κ1) is 13.7. The highest BCUT2D eigenvalue weighted by Crippen LogP contribution is 2.38. The van der Waals surface area contributed by atoms with Gasteiger partial charge in [0.05, 0.1) is 16.7 Å². The van der Waals surface area contributed by atoms with E-state index >= 15 is 0 Å². The fraction of sp³-hybridized carbons (Fsp3) is 0.167. The Bertz CT molecular complexity index is 686. The van der Waals surface area contributed by atoms with E-state index in [1.165, 1.54) is 18.4 Å². The predicted octanol–water partition coefficient (Wildman–Crippen LogP) is 3.37. The van der Waals surface area contributed by atoms with E-state index in [-0.39, 0.29) is 16.2 Å². The van der Waals surface area contributed by atoms with Crippen LogP contribution in [-0.4, -0.2) is 14.7 Å². The molecule has 0 fully saturated rings. The molecule has 1 aromatic heterocycles. The fourth-order valence-electron chi connectivity index (χ4n) is 1.64. The molecule has 0 N–H and O–H groups in total. The van der Waals surface area contributed by atoms with E-state index in [9.17, 15) is 21.6 Å². The Morgan fingerprint density at radius 1 is 1.16 bits per heavy atom. The van der Waals surface area contributed by atoms with Crippen molar-refractivity contribution in [2.45, 2.75) is 11.1 Å². The van der Waals surface area contributed by atoms with Crippen LogP contribution in [0.15, 0.2) is 45.9 Å². The zero-order chi connectivity index (χ0) is 14.3. The molecule has 102 valence electrons. The van der Waals surface area contributed by atoms with Crippen molar-refractivity contribution < 1.29 is 26.0 Å². The summed E-state index contributed by atoms with van der Waals surface area (Å²) >= 11 is 0. The van der Waals surface area contributed by atoms with E-state index in [0.717, 1.165) is 18.4 Å². The van der Waals surface area contributed by atoms with E-state index in [1.807, 2.05) is 0 Å². The van der Waals surface area contributed by atoms with Gasteiger partial charge >= 0.3 is 6.18 Å². The van der Waals surface area contributed by atoms with Gasteiger partial charge in [0.15, 0.2) is 9.84 Å². The molecule has 1 heterocycles. The van der Waals surface area contributed by atoms with Crippen molar-refractivity contribution in [3.63, 3.8) is 0 Å². The molecule has 1 aromatic carbocycles. The summed E-state index contributed by atoms with van der Waals surface area (Å²) in [4.78, 5) is -0.380. The molecule has 0 aliphatic rings. The van der Waals surface area contributed by atoms with Gasteiger partial charge in [-0.15, -0.1) is 0 Å².